The zero-order valence-electron chi connectivity index (χ0n) is 17.2. The van der Waals surface area contributed by atoms with Gasteiger partial charge in [-0.25, -0.2) is 0 Å². The quantitative estimate of drug-likeness (QED) is 0.835. The van der Waals surface area contributed by atoms with Crippen LogP contribution in [0.3, 0.4) is 0 Å². The summed E-state index contributed by atoms with van der Waals surface area (Å²) < 4.78 is 0. The van der Waals surface area contributed by atoms with E-state index in [4.69, 9.17) is 0 Å². The van der Waals surface area contributed by atoms with Crippen molar-refractivity contribution in [3.8, 4) is 0 Å². The molecule has 1 N–H and O–H groups in total. The molecule has 152 valence electrons. The molecule has 1 amide bonds. The van der Waals surface area contributed by atoms with Crippen LogP contribution in [0.5, 0.6) is 0 Å². The van der Waals surface area contributed by atoms with Crippen LogP contribution in [0.4, 0.5) is 0 Å². The Kier molecular flexibility index (Phi) is 6.15. The Morgan fingerprint density at radius 1 is 1.04 bits per heavy atom. The van der Waals surface area contributed by atoms with Crippen LogP contribution in [0, 0.1) is 17.8 Å². The molecule has 2 bridgehead atoms. The second kappa shape index (κ2) is 8.77. The molecular weight excluding hydrogens is 348 g/mol. The van der Waals surface area contributed by atoms with E-state index in [-0.39, 0.29) is 23.7 Å². The van der Waals surface area contributed by atoms with Gasteiger partial charge in [-0.3, -0.25) is 14.5 Å². The zero-order chi connectivity index (χ0) is 19.5. The van der Waals surface area contributed by atoms with Crippen LogP contribution in [0.1, 0.15) is 69.4 Å². The fraction of sp³-hybridized carbons (Fsp3) is 0.667. The molecule has 0 spiro atoms. The maximum atomic E-state index is 12.8. The lowest BCUT2D eigenvalue weighted by Gasteiger charge is -2.37. The third-order valence-electron chi connectivity index (χ3n) is 7.30. The van der Waals surface area contributed by atoms with Crippen LogP contribution in [0.15, 0.2) is 24.3 Å². The number of ketones is 1. The molecule has 1 heterocycles. The highest BCUT2D eigenvalue weighted by atomic mass is 16.2. The third kappa shape index (κ3) is 4.32. The number of carbonyl (C=O) groups excluding carboxylic acids is 2. The van der Waals surface area contributed by atoms with Crippen molar-refractivity contribution in [1.82, 2.24) is 10.2 Å². The van der Waals surface area contributed by atoms with Crippen molar-refractivity contribution < 1.29 is 9.59 Å². The van der Waals surface area contributed by atoms with E-state index >= 15 is 0 Å². The van der Waals surface area contributed by atoms with Crippen molar-refractivity contribution in [2.24, 2.45) is 17.8 Å². The molecule has 3 fully saturated rings. The normalized spacial score (nSPS) is 30.8. The monoisotopic (exact) mass is 382 g/mol. The van der Waals surface area contributed by atoms with Crippen LogP contribution in [-0.2, 0) is 22.7 Å². The van der Waals surface area contributed by atoms with Crippen molar-refractivity contribution in [3.63, 3.8) is 0 Å². The highest BCUT2D eigenvalue weighted by molar-refractivity contribution is 5.88. The summed E-state index contributed by atoms with van der Waals surface area (Å²) in [5.74, 6) is 0.858. The molecule has 3 aliphatic rings. The van der Waals surface area contributed by atoms with E-state index in [0.717, 1.165) is 38.6 Å². The lowest BCUT2D eigenvalue weighted by molar-refractivity contribution is -0.137. The number of benzene rings is 1. The fourth-order valence-electron chi connectivity index (χ4n) is 5.52. The first-order valence-corrected chi connectivity index (χ1v) is 11.2. The highest BCUT2D eigenvalue weighted by Crippen LogP contribution is 2.40. The van der Waals surface area contributed by atoms with Crippen LogP contribution in [0.2, 0.25) is 0 Å². The van der Waals surface area contributed by atoms with Crippen molar-refractivity contribution in [1.29, 1.82) is 0 Å². The van der Waals surface area contributed by atoms with E-state index < -0.39 is 0 Å². The molecule has 1 aliphatic heterocycles. The average molecular weight is 383 g/mol. The van der Waals surface area contributed by atoms with Crippen LogP contribution < -0.4 is 5.32 Å². The summed E-state index contributed by atoms with van der Waals surface area (Å²) in [6.45, 7) is 5.05. The van der Waals surface area contributed by atoms with Gasteiger partial charge in [0.05, 0.1) is 0 Å². The van der Waals surface area contributed by atoms with E-state index in [2.05, 4.69) is 41.4 Å². The Labute approximate surface area is 169 Å². The van der Waals surface area contributed by atoms with Crippen LogP contribution in [0.25, 0.3) is 0 Å². The lowest BCUT2D eigenvalue weighted by atomic mass is 9.67. The number of rotatable bonds is 5. The largest absolute Gasteiger partial charge is 0.352 e. The first-order chi connectivity index (χ1) is 13.6. The number of carbonyl (C=O) groups is 2. The number of amides is 1. The van der Waals surface area contributed by atoms with Gasteiger partial charge < -0.3 is 5.32 Å². The molecule has 0 aromatic heterocycles. The summed E-state index contributed by atoms with van der Waals surface area (Å²) in [5.41, 5.74) is 2.55. The van der Waals surface area contributed by atoms with Gasteiger partial charge in [-0.15, -0.1) is 0 Å². The minimum Gasteiger partial charge on any atom is -0.352 e. The van der Waals surface area contributed by atoms with Gasteiger partial charge >= 0.3 is 0 Å². The first kappa shape index (κ1) is 19.6. The van der Waals surface area contributed by atoms with E-state index in [1.807, 2.05) is 0 Å². The van der Waals surface area contributed by atoms with E-state index in [1.54, 1.807) is 0 Å². The molecule has 1 aromatic carbocycles. The molecule has 1 saturated heterocycles. The molecule has 2 saturated carbocycles. The summed E-state index contributed by atoms with van der Waals surface area (Å²) in [6, 6.07) is 9.14. The van der Waals surface area contributed by atoms with Gasteiger partial charge in [-0.2, -0.15) is 0 Å². The Balaban J connectivity index is 1.36. The Bertz CT molecular complexity index is 700. The summed E-state index contributed by atoms with van der Waals surface area (Å²) >= 11 is 0. The van der Waals surface area contributed by atoms with E-state index in [9.17, 15) is 9.59 Å². The molecule has 4 heteroatoms. The summed E-state index contributed by atoms with van der Waals surface area (Å²) in [5, 5.41) is 3.19. The number of nitrogens with one attached hydrogen (secondary N) is 1. The van der Waals surface area contributed by atoms with Gasteiger partial charge in [0, 0.05) is 36.9 Å². The number of hydrogen-bond donors (Lipinski definition) is 1. The standard InChI is InChI=1S/C24H34N2O2/c1-17-7-4-5-12-26(17)16-21-9-3-2-8-20(21)15-25-24(28)22-13-18-10-6-11-19(14-22)23(18)27/h2-3,8-9,17-19,22H,4-7,10-16H2,1H3,(H,25,28)/t17-,18-,19+,22?/m0/s1. The Hall–Kier alpha value is -1.68. The lowest BCUT2D eigenvalue weighted by Crippen LogP contribution is -2.42. The van der Waals surface area contributed by atoms with Crippen molar-refractivity contribution in [3.05, 3.63) is 35.4 Å². The minimum atomic E-state index is 0.0160. The number of likely N-dealkylation sites (tertiary alicyclic amines) is 1. The second-order valence-corrected chi connectivity index (χ2v) is 9.20. The van der Waals surface area contributed by atoms with Crippen LogP contribution >= 0.6 is 0 Å². The van der Waals surface area contributed by atoms with Gasteiger partial charge in [0.25, 0.3) is 0 Å². The second-order valence-electron chi connectivity index (χ2n) is 9.20. The van der Waals surface area contributed by atoms with Gasteiger partial charge in [0.2, 0.25) is 5.91 Å². The van der Waals surface area contributed by atoms with Gasteiger partial charge in [-0.05, 0) is 63.1 Å². The highest BCUT2D eigenvalue weighted by Gasteiger charge is 2.41. The molecule has 1 unspecified atom stereocenters. The third-order valence-corrected chi connectivity index (χ3v) is 7.30. The SMILES string of the molecule is C[C@H]1CCCCN1Cc1ccccc1CNC(=O)C1C[C@H]2CCC[C@@H](C1)C2=O. The van der Waals surface area contributed by atoms with E-state index in [1.165, 1.54) is 36.9 Å². The number of Topliss-reactive ketones (excluding diaryl/α,β-unsaturated/α-hetero) is 1. The minimum absolute atomic E-state index is 0.0160. The predicted octanol–water partition coefficient (Wildman–Crippen LogP) is 4.07. The maximum absolute atomic E-state index is 12.8. The number of nitrogens with zero attached hydrogens (tertiary/aromatic N) is 1. The van der Waals surface area contributed by atoms with Crippen molar-refractivity contribution in [2.45, 2.75) is 77.4 Å². The van der Waals surface area contributed by atoms with Crippen molar-refractivity contribution >= 4 is 11.7 Å². The van der Waals surface area contributed by atoms with Crippen LogP contribution in [-0.4, -0.2) is 29.2 Å². The molecule has 2 aliphatic carbocycles. The van der Waals surface area contributed by atoms with Crippen molar-refractivity contribution in [2.75, 3.05) is 6.54 Å². The molecular formula is C24H34N2O2. The number of piperidine rings is 1. The smallest absolute Gasteiger partial charge is 0.223 e. The van der Waals surface area contributed by atoms with E-state index in [0.29, 0.717) is 18.4 Å². The predicted molar refractivity (Wildman–Crippen MR) is 111 cm³/mol. The zero-order valence-corrected chi connectivity index (χ0v) is 17.2. The molecule has 4 nitrogen and oxygen atoms in total. The fourth-order valence-corrected chi connectivity index (χ4v) is 5.52. The Morgan fingerprint density at radius 2 is 1.75 bits per heavy atom. The van der Waals surface area contributed by atoms with Gasteiger partial charge in [-0.1, -0.05) is 37.1 Å². The molecule has 4 atom stereocenters. The molecule has 0 radical (unpaired) electrons. The average Bonchev–Trinajstić information content (AvgIpc) is 2.68. The Morgan fingerprint density at radius 3 is 2.46 bits per heavy atom. The van der Waals surface area contributed by atoms with Gasteiger partial charge in [0.1, 0.15) is 5.78 Å². The molecule has 4 rings (SSSR count). The summed E-state index contributed by atoms with van der Waals surface area (Å²) in [7, 11) is 0. The molecule has 28 heavy (non-hydrogen) atoms. The first-order valence-electron chi connectivity index (χ1n) is 11.2. The molecule has 1 aromatic rings. The number of fused-ring (bicyclic) bond motifs is 2. The van der Waals surface area contributed by atoms with Gasteiger partial charge in [0.15, 0.2) is 0 Å². The number of hydrogen-bond acceptors (Lipinski definition) is 3. The summed E-state index contributed by atoms with van der Waals surface area (Å²) in [4.78, 5) is 27.7. The topological polar surface area (TPSA) is 49.4 Å². The summed E-state index contributed by atoms with van der Waals surface area (Å²) in [6.07, 6.45) is 8.53. The maximum Gasteiger partial charge on any atom is 0.223 e.